The Morgan fingerprint density at radius 2 is 1.87 bits per heavy atom. The van der Waals surface area contributed by atoms with Crippen LogP contribution in [0.15, 0.2) is 29.2 Å². The van der Waals surface area contributed by atoms with Crippen molar-refractivity contribution in [2.75, 3.05) is 39.8 Å². The number of halogens is 2. The molecule has 0 aliphatic carbocycles. The van der Waals surface area contributed by atoms with Crippen LogP contribution in [0.3, 0.4) is 0 Å². The van der Waals surface area contributed by atoms with Crippen molar-refractivity contribution in [2.45, 2.75) is 43.4 Å². The van der Waals surface area contributed by atoms with Crippen molar-refractivity contribution in [2.24, 2.45) is 11.5 Å². The standard InChI is InChI=1S/C21H30F2N6O2/c1-31-13-2-3-18-19(8-13)29(21(30)9-26-18)20(28-7-5-17(25)15(23)11-28)12-27-6-4-16(24)14(22)10-27/h2-3,8-9,14-17,20H,4-7,10-12,24-25H2,1H3. The Kier molecular flexibility index (Phi) is 6.52. The maximum absolute atomic E-state index is 14.6. The first-order valence-electron chi connectivity index (χ1n) is 10.7. The van der Waals surface area contributed by atoms with E-state index in [2.05, 4.69) is 4.98 Å². The summed E-state index contributed by atoms with van der Waals surface area (Å²) in [5.41, 5.74) is 12.6. The van der Waals surface area contributed by atoms with E-state index in [1.807, 2.05) is 9.80 Å². The summed E-state index contributed by atoms with van der Waals surface area (Å²) in [4.78, 5) is 21.2. The van der Waals surface area contributed by atoms with Crippen LogP contribution in [0, 0.1) is 0 Å². The third-order valence-electron chi connectivity index (χ3n) is 6.43. The van der Waals surface area contributed by atoms with Gasteiger partial charge in [0, 0.05) is 44.3 Å². The molecule has 5 atom stereocenters. The molecule has 0 bridgehead atoms. The van der Waals surface area contributed by atoms with Gasteiger partial charge in [0.2, 0.25) is 0 Å². The first kappa shape index (κ1) is 22.1. The fourth-order valence-electron chi connectivity index (χ4n) is 4.51. The monoisotopic (exact) mass is 436 g/mol. The van der Waals surface area contributed by atoms with Crippen molar-refractivity contribution in [3.05, 3.63) is 34.7 Å². The van der Waals surface area contributed by atoms with Crippen molar-refractivity contribution in [1.82, 2.24) is 19.4 Å². The van der Waals surface area contributed by atoms with E-state index in [4.69, 9.17) is 16.2 Å². The number of alkyl halides is 2. The highest BCUT2D eigenvalue weighted by Crippen LogP contribution is 2.27. The lowest BCUT2D eigenvalue weighted by atomic mass is 10.0. The quantitative estimate of drug-likeness (QED) is 0.709. The molecule has 10 heteroatoms. The number of hydrogen-bond donors (Lipinski definition) is 2. The highest BCUT2D eigenvalue weighted by molar-refractivity contribution is 5.76. The van der Waals surface area contributed by atoms with Crippen LogP contribution in [0.5, 0.6) is 5.75 Å². The lowest BCUT2D eigenvalue weighted by Crippen LogP contribution is -2.56. The molecule has 1 aromatic heterocycles. The third-order valence-corrected chi connectivity index (χ3v) is 6.43. The van der Waals surface area contributed by atoms with E-state index >= 15 is 0 Å². The molecule has 8 nitrogen and oxygen atoms in total. The van der Waals surface area contributed by atoms with E-state index in [0.29, 0.717) is 49.3 Å². The first-order chi connectivity index (χ1) is 14.9. The van der Waals surface area contributed by atoms with Gasteiger partial charge < -0.3 is 16.2 Å². The largest absolute Gasteiger partial charge is 0.497 e. The molecule has 0 spiro atoms. The molecule has 2 fully saturated rings. The number of aromatic nitrogens is 2. The Labute approximate surface area is 179 Å². The van der Waals surface area contributed by atoms with E-state index in [1.54, 1.807) is 29.9 Å². The summed E-state index contributed by atoms with van der Waals surface area (Å²) in [5.74, 6) is 0.587. The van der Waals surface area contributed by atoms with Gasteiger partial charge in [0.05, 0.1) is 24.3 Å². The topological polar surface area (TPSA) is 103 Å². The molecule has 2 saturated heterocycles. The molecule has 2 aliphatic heterocycles. The predicted molar refractivity (Wildman–Crippen MR) is 115 cm³/mol. The zero-order valence-electron chi connectivity index (χ0n) is 17.7. The van der Waals surface area contributed by atoms with Crippen molar-refractivity contribution >= 4 is 11.0 Å². The van der Waals surface area contributed by atoms with Gasteiger partial charge in [0.15, 0.2) is 0 Å². The SMILES string of the molecule is COc1ccc2ncc(=O)n(C(CN3CCC(N)C(F)C3)N3CCC(N)C(F)C3)c2c1. The van der Waals surface area contributed by atoms with Gasteiger partial charge in [-0.15, -0.1) is 0 Å². The van der Waals surface area contributed by atoms with Crippen LogP contribution in [0.1, 0.15) is 19.0 Å². The lowest BCUT2D eigenvalue weighted by molar-refractivity contribution is 0.0184. The number of benzene rings is 1. The molecule has 170 valence electrons. The molecule has 31 heavy (non-hydrogen) atoms. The number of hydrogen-bond acceptors (Lipinski definition) is 7. The number of methoxy groups -OCH3 is 1. The summed E-state index contributed by atoms with van der Waals surface area (Å²) >= 11 is 0. The summed E-state index contributed by atoms with van der Waals surface area (Å²) in [6.45, 7) is 1.82. The second-order valence-corrected chi connectivity index (χ2v) is 8.49. The van der Waals surface area contributed by atoms with Crippen LogP contribution in [-0.4, -0.2) is 83.6 Å². The highest BCUT2D eigenvalue weighted by Gasteiger charge is 2.35. The van der Waals surface area contributed by atoms with Gasteiger partial charge in [-0.25, -0.2) is 13.8 Å². The van der Waals surface area contributed by atoms with Gasteiger partial charge in [0.1, 0.15) is 24.3 Å². The molecule has 4 rings (SSSR count). The van der Waals surface area contributed by atoms with Crippen LogP contribution in [0.2, 0.25) is 0 Å². The number of nitrogens with zero attached hydrogens (tertiary/aromatic N) is 4. The number of piperidine rings is 2. The fraction of sp³-hybridized carbons (Fsp3) is 0.619. The van der Waals surface area contributed by atoms with E-state index in [9.17, 15) is 13.6 Å². The molecule has 5 unspecified atom stereocenters. The van der Waals surface area contributed by atoms with Gasteiger partial charge in [-0.05, 0) is 31.5 Å². The zero-order valence-corrected chi connectivity index (χ0v) is 17.7. The minimum atomic E-state index is -1.20. The summed E-state index contributed by atoms with van der Waals surface area (Å²) in [6, 6.07) is 4.31. The number of nitrogens with two attached hydrogens (primary N) is 2. The summed E-state index contributed by atoms with van der Waals surface area (Å²) in [6.07, 6.45) is -0.548. The smallest absolute Gasteiger partial charge is 0.270 e. The number of likely N-dealkylation sites (tertiary alicyclic amines) is 2. The van der Waals surface area contributed by atoms with Crippen molar-refractivity contribution in [3.8, 4) is 5.75 Å². The Bertz CT molecular complexity index is 973. The molecule has 0 radical (unpaired) electrons. The Morgan fingerprint density at radius 3 is 2.55 bits per heavy atom. The van der Waals surface area contributed by atoms with Gasteiger partial charge in [-0.3, -0.25) is 19.2 Å². The van der Waals surface area contributed by atoms with Crippen molar-refractivity contribution in [1.29, 1.82) is 0 Å². The minimum Gasteiger partial charge on any atom is -0.497 e. The highest BCUT2D eigenvalue weighted by atomic mass is 19.1. The van der Waals surface area contributed by atoms with Crippen molar-refractivity contribution in [3.63, 3.8) is 0 Å². The Morgan fingerprint density at radius 1 is 1.16 bits per heavy atom. The predicted octanol–water partition coefficient (Wildman–Crippen LogP) is 0.646. The maximum Gasteiger partial charge on any atom is 0.270 e. The van der Waals surface area contributed by atoms with E-state index in [-0.39, 0.29) is 18.6 Å². The fourth-order valence-corrected chi connectivity index (χ4v) is 4.51. The Hall–Kier alpha value is -2.14. The second kappa shape index (κ2) is 9.15. The molecule has 3 heterocycles. The average molecular weight is 437 g/mol. The molecule has 0 amide bonds. The molecule has 0 saturated carbocycles. The Balaban J connectivity index is 1.75. The van der Waals surface area contributed by atoms with Gasteiger partial charge in [0.25, 0.3) is 5.56 Å². The molecule has 2 aliphatic rings. The lowest BCUT2D eigenvalue weighted by Gasteiger charge is -2.42. The van der Waals surface area contributed by atoms with Crippen LogP contribution < -0.4 is 21.8 Å². The number of ether oxygens (including phenoxy) is 1. The van der Waals surface area contributed by atoms with E-state index in [0.717, 1.165) is 0 Å². The molecule has 1 aromatic carbocycles. The zero-order chi connectivity index (χ0) is 22.1. The average Bonchev–Trinajstić information content (AvgIpc) is 2.76. The number of rotatable bonds is 5. The van der Waals surface area contributed by atoms with Crippen molar-refractivity contribution < 1.29 is 13.5 Å². The van der Waals surface area contributed by atoms with Crippen LogP contribution in [0.4, 0.5) is 8.78 Å². The summed E-state index contributed by atoms with van der Waals surface area (Å²) < 4.78 is 35.8. The summed E-state index contributed by atoms with van der Waals surface area (Å²) in [5, 5.41) is 0. The van der Waals surface area contributed by atoms with E-state index < -0.39 is 30.6 Å². The molecule has 4 N–H and O–H groups in total. The molecular formula is C21H30F2N6O2. The maximum atomic E-state index is 14.6. The van der Waals surface area contributed by atoms with Crippen LogP contribution in [-0.2, 0) is 0 Å². The van der Waals surface area contributed by atoms with Crippen LogP contribution >= 0.6 is 0 Å². The van der Waals surface area contributed by atoms with Gasteiger partial charge >= 0.3 is 0 Å². The molecule has 2 aromatic rings. The minimum absolute atomic E-state index is 0.110. The van der Waals surface area contributed by atoms with Crippen LogP contribution in [0.25, 0.3) is 11.0 Å². The molecular weight excluding hydrogens is 406 g/mol. The second-order valence-electron chi connectivity index (χ2n) is 8.49. The normalized spacial score (nSPS) is 29.2. The van der Waals surface area contributed by atoms with Gasteiger partial charge in [-0.1, -0.05) is 0 Å². The number of fused-ring (bicyclic) bond motifs is 1. The first-order valence-corrected chi connectivity index (χ1v) is 10.7. The summed E-state index contributed by atoms with van der Waals surface area (Å²) in [7, 11) is 1.55. The van der Waals surface area contributed by atoms with Gasteiger partial charge in [-0.2, -0.15) is 0 Å². The van der Waals surface area contributed by atoms with E-state index in [1.165, 1.54) is 6.20 Å². The third kappa shape index (κ3) is 4.57.